The Morgan fingerprint density at radius 3 is 2.38 bits per heavy atom. The van der Waals surface area contributed by atoms with Crippen LogP contribution in [-0.4, -0.2) is 46.8 Å². The quantitative estimate of drug-likeness (QED) is 0.183. The van der Waals surface area contributed by atoms with E-state index in [1.807, 2.05) is 24.3 Å². The van der Waals surface area contributed by atoms with Gasteiger partial charge in [-0.3, -0.25) is 0 Å². The van der Waals surface area contributed by atoms with Crippen molar-refractivity contribution in [1.82, 2.24) is 5.48 Å². The minimum atomic E-state index is 0. The molecular formula is C19H35NO5S. The number of hydrogen-bond donors (Lipinski definition) is 2. The van der Waals surface area contributed by atoms with Gasteiger partial charge in [-0.05, 0) is 56.3 Å². The van der Waals surface area contributed by atoms with Gasteiger partial charge in [0.2, 0.25) is 0 Å². The Labute approximate surface area is 164 Å². The number of hydroxylamine groups is 1. The van der Waals surface area contributed by atoms with Gasteiger partial charge in [0.1, 0.15) is 5.75 Å². The van der Waals surface area contributed by atoms with Crippen molar-refractivity contribution in [3.63, 3.8) is 0 Å². The minimum Gasteiger partial charge on any atom is -0.494 e. The first-order valence-electron chi connectivity index (χ1n) is 8.76. The van der Waals surface area contributed by atoms with Crippen LogP contribution in [0.2, 0.25) is 0 Å². The fourth-order valence-electron chi connectivity index (χ4n) is 2.14. The highest BCUT2D eigenvalue weighted by Crippen LogP contribution is 2.14. The van der Waals surface area contributed by atoms with Crippen molar-refractivity contribution in [2.45, 2.75) is 39.7 Å². The summed E-state index contributed by atoms with van der Waals surface area (Å²) in [5, 5.41) is 0. The van der Waals surface area contributed by atoms with E-state index < -0.39 is 0 Å². The van der Waals surface area contributed by atoms with E-state index in [0.29, 0.717) is 26.4 Å². The Morgan fingerprint density at radius 1 is 0.885 bits per heavy atom. The number of nitrogens with one attached hydrogen (secondary N) is 1. The normalized spacial score (nSPS) is 10.5. The van der Waals surface area contributed by atoms with Crippen molar-refractivity contribution in [3.05, 3.63) is 29.8 Å². The van der Waals surface area contributed by atoms with Gasteiger partial charge in [-0.15, -0.1) is 0 Å². The standard InChI is InChI=1S/C18H31NO5S.CH4/c1-20-19-16-17-7-5-8-18(15-17)23-12-4-2-3-9-21-10-6-11-22-13-14-24-25;/h5,7-8,15,19,25H,2-4,6,9-14,16H2,1H3;1H4. The highest BCUT2D eigenvalue weighted by molar-refractivity contribution is 7.75. The van der Waals surface area contributed by atoms with Crippen LogP contribution in [0.4, 0.5) is 0 Å². The molecule has 26 heavy (non-hydrogen) atoms. The van der Waals surface area contributed by atoms with Crippen LogP contribution in [-0.2, 0) is 25.0 Å². The third-order valence-electron chi connectivity index (χ3n) is 3.42. The van der Waals surface area contributed by atoms with Crippen molar-refractivity contribution in [2.24, 2.45) is 0 Å². The molecule has 0 radical (unpaired) electrons. The van der Waals surface area contributed by atoms with Crippen LogP contribution in [0.15, 0.2) is 24.3 Å². The third-order valence-corrected chi connectivity index (χ3v) is 3.60. The van der Waals surface area contributed by atoms with E-state index in [4.69, 9.17) is 19.0 Å². The lowest BCUT2D eigenvalue weighted by atomic mass is 10.2. The summed E-state index contributed by atoms with van der Waals surface area (Å²) in [6.45, 7) is 4.71. The Hall–Kier alpha value is -0.830. The Morgan fingerprint density at radius 2 is 1.62 bits per heavy atom. The summed E-state index contributed by atoms with van der Waals surface area (Å²) in [5.41, 5.74) is 3.96. The largest absolute Gasteiger partial charge is 0.494 e. The smallest absolute Gasteiger partial charge is 0.119 e. The van der Waals surface area contributed by atoms with Crippen LogP contribution in [0.1, 0.15) is 38.7 Å². The second-order valence-corrected chi connectivity index (χ2v) is 5.75. The fraction of sp³-hybridized carbons (Fsp3) is 0.684. The van der Waals surface area contributed by atoms with E-state index in [0.717, 1.165) is 56.8 Å². The van der Waals surface area contributed by atoms with Crippen LogP contribution in [0.5, 0.6) is 5.75 Å². The number of unbranched alkanes of at least 4 members (excludes halogenated alkanes) is 2. The lowest BCUT2D eigenvalue weighted by Gasteiger charge is -2.09. The van der Waals surface area contributed by atoms with E-state index in [-0.39, 0.29) is 7.43 Å². The van der Waals surface area contributed by atoms with Gasteiger partial charge in [0.15, 0.2) is 0 Å². The maximum absolute atomic E-state index is 5.78. The molecule has 0 aliphatic rings. The minimum absolute atomic E-state index is 0. The molecule has 0 bridgehead atoms. The van der Waals surface area contributed by atoms with E-state index in [1.165, 1.54) is 0 Å². The lowest BCUT2D eigenvalue weighted by molar-refractivity contribution is 0.0703. The summed E-state index contributed by atoms with van der Waals surface area (Å²) in [6, 6.07) is 8.03. The Balaban J connectivity index is 0.00000625. The molecule has 7 heteroatoms. The Kier molecular flexibility index (Phi) is 18.3. The Bertz CT molecular complexity index is 423. The van der Waals surface area contributed by atoms with Gasteiger partial charge in [0.05, 0.1) is 26.9 Å². The van der Waals surface area contributed by atoms with Crippen LogP contribution < -0.4 is 10.2 Å². The van der Waals surface area contributed by atoms with Gasteiger partial charge in [-0.2, -0.15) is 5.48 Å². The van der Waals surface area contributed by atoms with Gasteiger partial charge < -0.3 is 23.2 Å². The molecule has 0 saturated carbocycles. The van der Waals surface area contributed by atoms with Gasteiger partial charge >= 0.3 is 0 Å². The molecule has 152 valence electrons. The molecule has 0 amide bonds. The predicted octanol–water partition coefficient (Wildman–Crippen LogP) is 3.81. The number of thiol groups is 1. The number of benzene rings is 1. The lowest BCUT2D eigenvalue weighted by Crippen LogP contribution is -2.10. The zero-order chi connectivity index (χ0) is 18.0. The molecular weight excluding hydrogens is 354 g/mol. The van der Waals surface area contributed by atoms with Crippen LogP contribution in [0.3, 0.4) is 0 Å². The average molecular weight is 390 g/mol. The van der Waals surface area contributed by atoms with E-state index in [2.05, 4.69) is 22.6 Å². The molecule has 0 spiro atoms. The summed E-state index contributed by atoms with van der Waals surface area (Å²) in [5.74, 6) is 0.898. The zero-order valence-corrected chi connectivity index (χ0v) is 16.0. The van der Waals surface area contributed by atoms with Gasteiger partial charge in [-0.1, -0.05) is 19.6 Å². The summed E-state index contributed by atoms with van der Waals surface area (Å²) in [6.07, 6.45) is 4.08. The van der Waals surface area contributed by atoms with Gasteiger partial charge in [0, 0.05) is 26.4 Å². The topological polar surface area (TPSA) is 58.2 Å². The van der Waals surface area contributed by atoms with Crippen molar-refractivity contribution >= 4 is 12.9 Å². The maximum Gasteiger partial charge on any atom is 0.119 e. The molecule has 6 nitrogen and oxygen atoms in total. The monoisotopic (exact) mass is 389 g/mol. The molecule has 1 N–H and O–H groups in total. The molecule has 0 aliphatic heterocycles. The van der Waals surface area contributed by atoms with Gasteiger partial charge in [-0.25, -0.2) is 0 Å². The van der Waals surface area contributed by atoms with Crippen molar-refractivity contribution < 1.29 is 23.2 Å². The first-order chi connectivity index (χ1) is 12.4. The second-order valence-electron chi connectivity index (χ2n) is 5.49. The summed E-state index contributed by atoms with van der Waals surface area (Å²) < 4.78 is 21.3. The third kappa shape index (κ3) is 14.4. The molecule has 1 aromatic carbocycles. The highest BCUT2D eigenvalue weighted by Gasteiger charge is 1.98. The zero-order valence-electron chi connectivity index (χ0n) is 15.1. The first-order valence-corrected chi connectivity index (χ1v) is 9.12. The molecule has 1 aromatic rings. The molecule has 0 saturated heterocycles. The van der Waals surface area contributed by atoms with E-state index in [9.17, 15) is 0 Å². The number of ether oxygens (including phenoxy) is 3. The van der Waals surface area contributed by atoms with Crippen molar-refractivity contribution in [3.8, 4) is 5.75 Å². The number of hydrogen-bond acceptors (Lipinski definition) is 7. The van der Waals surface area contributed by atoms with Crippen LogP contribution >= 0.6 is 12.9 Å². The maximum atomic E-state index is 5.78. The second kappa shape index (κ2) is 18.9. The molecule has 0 heterocycles. The first kappa shape index (κ1) is 25.2. The molecule has 1 rings (SSSR count). The summed E-state index contributed by atoms with van der Waals surface area (Å²) >= 11 is 3.64. The van der Waals surface area contributed by atoms with E-state index in [1.54, 1.807) is 7.11 Å². The van der Waals surface area contributed by atoms with Crippen molar-refractivity contribution in [1.29, 1.82) is 0 Å². The summed E-state index contributed by atoms with van der Waals surface area (Å²) in [4.78, 5) is 4.85. The molecule has 0 unspecified atom stereocenters. The summed E-state index contributed by atoms with van der Waals surface area (Å²) in [7, 11) is 1.61. The highest BCUT2D eigenvalue weighted by atomic mass is 32.1. The van der Waals surface area contributed by atoms with Gasteiger partial charge in [0.25, 0.3) is 0 Å². The molecule has 0 aliphatic carbocycles. The fourth-order valence-corrected chi connectivity index (χ4v) is 2.21. The average Bonchev–Trinajstić information content (AvgIpc) is 2.64. The van der Waals surface area contributed by atoms with Crippen molar-refractivity contribution in [2.75, 3.05) is 46.8 Å². The number of rotatable bonds is 17. The van der Waals surface area contributed by atoms with Crippen LogP contribution in [0.25, 0.3) is 0 Å². The SMILES string of the molecule is C.CONCc1cccc(OCCCCCOCCCOCCOS)c1. The molecule has 0 atom stereocenters. The molecule has 0 fully saturated rings. The van der Waals surface area contributed by atoms with Crippen LogP contribution in [0, 0.1) is 0 Å². The predicted molar refractivity (Wildman–Crippen MR) is 108 cm³/mol. The molecule has 0 aromatic heterocycles. The van der Waals surface area contributed by atoms with E-state index >= 15 is 0 Å².